The number of halogens is 1. The van der Waals surface area contributed by atoms with E-state index in [1.54, 1.807) is 11.3 Å². The molecule has 1 aliphatic rings. The summed E-state index contributed by atoms with van der Waals surface area (Å²) in [5.41, 5.74) is 2.46. The average molecular weight is 379 g/mol. The summed E-state index contributed by atoms with van der Waals surface area (Å²) in [6.45, 7) is 7.27. The summed E-state index contributed by atoms with van der Waals surface area (Å²) in [5.74, 6) is 0.152. The number of piperazine rings is 1. The van der Waals surface area contributed by atoms with Crippen LogP contribution in [-0.2, 0) is 11.2 Å². The summed E-state index contributed by atoms with van der Waals surface area (Å²) in [6, 6.07) is 10.2. The summed E-state index contributed by atoms with van der Waals surface area (Å²) >= 11 is 7.87. The second-order valence-electron chi connectivity index (χ2n) is 6.52. The van der Waals surface area contributed by atoms with E-state index in [0.717, 1.165) is 44.2 Å². The first-order valence-electron chi connectivity index (χ1n) is 8.75. The van der Waals surface area contributed by atoms with Gasteiger partial charge in [-0.3, -0.25) is 4.79 Å². The van der Waals surface area contributed by atoms with Crippen molar-refractivity contribution >= 4 is 34.5 Å². The monoisotopic (exact) mass is 378 g/mol. The van der Waals surface area contributed by atoms with E-state index in [1.165, 1.54) is 21.0 Å². The lowest BCUT2D eigenvalue weighted by Gasteiger charge is -2.34. The van der Waals surface area contributed by atoms with Crippen molar-refractivity contribution in [2.24, 2.45) is 0 Å². The Morgan fingerprint density at radius 2 is 2.12 bits per heavy atom. The number of carbonyl (C=O) groups is 1. The van der Waals surface area contributed by atoms with Crippen molar-refractivity contribution in [3.05, 3.63) is 51.2 Å². The third-order valence-electron chi connectivity index (χ3n) is 4.67. The van der Waals surface area contributed by atoms with Gasteiger partial charge in [0.1, 0.15) is 0 Å². The number of anilines is 1. The highest BCUT2D eigenvalue weighted by Crippen LogP contribution is 2.24. The maximum absolute atomic E-state index is 12.1. The van der Waals surface area contributed by atoms with Crippen LogP contribution in [0.15, 0.2) is 35.7 Å². The van der Waals surface area contributed by atoms with Crippen LogP contribution in [0.1, 0.15) is 10.4 Å². The number of hydrogen-bond donors (Lipinski definition) is 2. The van der Waals surface area contributed by atoms with E-state index in [-0.39, 0.29) is 5.91 Å². The van der Waals surface area contributed by atoms with Crippen LogP contribution in [-0.4, -0.2) is 45.2 Å². The van der Waals surface area contributed by atoms with Crippen LogP contribution in [0, 0.1) is 6.92 Å². The fourth-order valence-corrected chi connectivity index (χ4v) is 4.11. The van der Waals surface area contributed by atoms with Crippen molar-refractivity contribution in [3.63, 3.8) is 0 Å². The predicted molar refractivity (Wildman–Crippen MR) is 105 cm³/mol. The first-order valence-corrected chi connectivity index (χ1v) is 10.0. The van der Waals surface area contributed by atoms with Crippen LogP contribution >= 0.6 is 22.9 Å². The molecule has 0 bridgehead atoms. The van der Waals surface area contributed by atoms with Gasteiger partial charge in [0.05, 0.1) is 26.2 Å². The van der Waals surface area contributed by atoms with Gasteiger partial charge in [-0.05, 0) is 42.5 Å². The lowest BCUT2D eigenvalue weighted by atomic mass is 10.1. The molecule has 4 nitrogen and oxygen atoms in total. The van der Waals surface area contributed by atoms with E-state index in [2.05, 4.69) is 34.7 Å². The standard InChI is InChI=1S/C19H24ClN3OS/c1-15-4-5-16(20)13-18(15)23-10-8-22(9-11-23)14-19(24)21-7-6-17-3-2-12-25-17/h2-5,12-13H,6-11,14H2,1H3,(H,21,24)/p+1. The summed E-state index contributed by atoms with van der Waals surface area (Å²) in [6.07, 6.45) is 0.917. The minimum absolute atomic E-state index is 0.152. The molecule has 6 heteroatoms. The molecule has 0 radical (unpaired) electrons. The number of nitrogens with zero attached hydrogens (tertiary/aromatic N) is 1. The molecular weight excluding hydrogens is 354 g/mol. The quantitative estimate of drug-likeness (QED) is 0.803. The Morgan fingerprint density at radius 3 is 2.84 bits per heavy atom. The van der Waals surface area contributed by atoms with Crippen molar-refractivity contribution in [2.75, 3.05) is 44.2 Å². The maximum atomic E-state index is 12.1. The summed E-state index contributed by atoms with van der Waals surface area (Å²) in [7, 11) is 0. The second-order valence-corrected chi connectivity index (χ2v) is 7.99. The lowest BCUT2D eigenvalue weighted by molar-refractivity contribution is -0.892. The van der Waals surface area contributed by atoms with Gasteiger partial charge in [-0.15, -0.1) is 11.3 Å². The van der Waals surface area contributed by atoms with Crippen LogP contribution in [0.2, 0.25) is 5.02 Å². The lowest BCUT2D eigenvalue weighted by Crippen LogP contribution is -3.16. The van der Waals surface area contributed by atoms with Gasteiger partial charge < -0.3 is 15.1 Å². The van der Waals surface area contributed by atoms with Gasteiger partial charge in [0, 0.05) is 22.1 Å². The molecule has 0 unspecified atom stereocenters. The molecule has 2 N–H and O–H groups in total. The van der Waals surface area contributed by atoms with Crippen LogP contribution in [0.4, 0.5) is 5.69 Å². The highest BCUT2D eigenvalue weighted by molar-refractivity contribution is 7.09. The van der Waals surface area contributed by atoms with Crippen molar-refractivity contribution in [1.82, 2.24) is 5.32 Å². The smallest absolute Gasteiger partial charge is 0.275 e. The number of aryl methyl sites for hydroxylation is 1. The van der Waals surface area contributed by atoms with E-state index >= 15 is 0 Å². The minimum Gasteiger partial charge on any atom is -0.360 e. The van der Waals surface area contributed by atoms with Crippen molar-refractivity contribution < 1.29 is 9.69 Å². The molecule has 1 fully saturated rings. The van der Waals surface area contributed by atoms with Gasteiger partial charge in [0.25, 0.3) is 5.91 Å². The molecule has 1 saturated heterocycles. The maximum Gasteiger partial charge on any atom is 0.275 e. The van der Waals surface area contributed by atoms with E-state index in [1.807, 2.05) is 18.2 Å². The number of benzene rings is 1. The molecule has 0 atom stereocenters. The van der Waals surface area contributed by atoms with Crippen LogP contribution in [0.3, 0.4) is 0 Å². The van der Waals surface area contributed by atoms with Crippen LogP contribution < -0.4 is 15.1 Å². The highest BCUT2D eigenvalue weighted by Gasteiger charge is 2.23. The molecule has 1 aromatic carbocycles. The SMILES string of the molecule is Cc1ccc(Cl)cc1N1CC[NH+](CC(=O)NCCc2cccs2)CC1. The van der Waals surface area contributed by atoms with Gasteiger partial charge in [-0.25, -0.2) is 0 Å². The molecule has 1 amide bonds. The Bertz CT molecular complexity index is 697. The molecule has 3 rings (SSSR count). The van der Waals surface area contributed by atoms with E-state index < -0.39 is 0 Å². The largest absolute Gasteiger partial charge is 0.360 e. The summed E-state index contributed by atoms with van der Waals surface area (Å²) in [4.78, 5) is 17.2. The molecule has 2 heterocycles. The van der Waals surface area contributed by atoms with Gasteiger partial charge in [0.15, 0.2) is 6.54 Å². The van der Waals surface area contributed by atoms with Gasteiger partial charge in [-0.1, -0.05) is 23.7 Å². The Balaban J connectivity index is 1.41. The molecular formula is C19H25ClN3OS+. The normalized spacial score (nSPS) is 15.4. The highest BCUT2D eigenvalue weighted by atomic mass is 35.5. The molecule has 2 aromatic rings. The van der Waals surface area contributed by atoms with E-state index in [4.69, 9.17) is 11.6 Å². The summed E-state index contributed by atoms with van der Waals surface area (Å²) in [5, 5.41) is 5.89. The van der Waals surface area contributed by atoms with E-state index in [9.17, 15) is 4.79 Å². The minimum atomic E-state index is 0.152. The molecule has 1 aromatic heterocycles. The second kappa shape index (κ2) is 8.70. The number of thiophene rings is 1. The Morgan fingerprint density at radius 1 is 1.32 bits per heavy atom. The Labute approximate surface area is 158 Å². The van der Waals surface area contributed by atoms with Crippen molar-refractivity contribution in [1.29, 1.82) is 0 Å². The number of rotatable bonds is 6. The Hall–Kier alpha value is -1.56. The van der Waals surface area contributed by atoms with Crippen molar-refractivity contribution in [2.45, 2.75) is 13.3 Å². The molecule has 0 aliphatic carbocycles. The van der Waals surface area contributed by atoms with Crippen molar-refractivity contribution in [3.8, 4) is 0 Å². The molecule has 134 valence electrons. The molecule has 25 heavy (non-hydrogen) atoms. The van der Waals surface area contributed by atoms with E-state index in [0.29, 0.717) is 6.54 Å². The molecule has 0 saturated carbocycles. The number of nitrogens with one attached hydrogen (secondary N) is 2. The molecule has 0 spiro atoms. The van der Waals surface area contributed by atoms with Gasteiger partial charge in [-0.2, -0.15) is 0 Å². The van der Waals surface area contributed by atoms with Crippen LogP contribution in [0.25, 0.3) is 0 Å². The van der Waals surface area contributed by atoms with Crippen LogP contribution in [0.5, 0.6) is 0 Å². The number of carbonyl (C=O) groups excluding carboxylic acids is 1. The third kappa shape index (κ3) is 5.21. The summed E-state index contributed by atoms with van der Waals surface area (Å²) < 4.78 is 0. The third-order valence-corrected chi connectivity index (χ3v) is 5.84. The van der Waals surface area contributed by atoms with Gasteiger partial charge in [0.2, 0.25) is 0 Å². The zero-order valence-corrected chi connectivity index (χ0v) is 16.1. The Kier molecular flexibility index (Phi) is 6.34. The average Bonchev–Trinajstić information content (AvgIpc) is 3.11. The first kappa shape index (κ1) is 18.2. The fraction of sp³-hybridized carbons (Fsp3) is 0.421. The predicted octanol–water partition coefficient (Wildman–Crippen LogP) is 1.77. The molecule has 1 aliphatic heterocycles. The van der Waals surface area contributed by atoms with Gasteiger partial charge >= 0.3 is 0 Å². The zero-order chi connectivity index (χ0) is 17.6. The fourth-order valence-electron chi connectivity index (χ4n) is 3.23. The number of quaternary nitrogens is 1. The number of hydrogen-bond acceptors (Lipinski definition) is 3. The first-order chi connectivity index (χ1) is 12.1. The number of amides is 1. The zero-order valence-electron chi connectivity index (χ0n) is 14.6. The topological polar surface area (TPSA) is 36.8 Å².